The van der Waals surface area contributed by atoms with Gasteiger partial charge in [0, 0.05) is 0 Å². The summed E-state index contributed by atoms with van der Waals surface area (Å²) in [6.07, 6.45) is 2.70. The summed E-state index contributed by atoms with van der Waals surface area (Å²) in [4.78, 5) is 11.7. The number of carbonyl (C=O) groups is 1. The summed E-state index contributed by atoms with van der Waals surface area (Å²) in [6, 6.07) is 5.60. The standard InChI is InChI=1S/C12H15FN2O2/c13-9-3-5-10(6-4-9)14-15-11(16)12(17)7-1-2-8-12/h3-6,14,17H,1-2,7-8H2,(H,15,16). The van der Waals surface area contributed by atoms with Gasteiger partial charge < -0.3 is 5.11 Å². The van der Waals surface area contributed by atoms with E-state index in [1.165, 1.54) is 24.3 Å². The third-order valence-corrected chi connectivity index (χ3v) is 3.02. The van der Waals surface area contributed by atoms with Gasteiger partial charge in [-0.15, -0.1) is 0 Å². The molecular formula is C12H15FN2O2. The predicted molar refractivity (Wildman–Crippen MR) is 61.6 cm³/mol. The Balaban J connectivity index is 1.89. The maximum atomic E-state index is 12.6. The van der Waals surface area contributed by atoms with Crippen molar-refractivity contribution in [1.82, 2.24) is 5.43 Å². The lowest BCUT2D eigenvalue weighted by Gasteiger charge is -2.21. The molecule has 0 heterocycles. The van der Waals surface area contributed by atoms with Crippen LogP contribution in [-0.4, -0.2) is 16.6 Å². The second-order valence-electron chi connectivity index (χ2n) is 4.32. The molecule has 4 nitrogen and oxygen atoms in total. The summed E-state index contributed by atoms with van der Waals surface area (Å²) >= 11 is 0. The molecule has 0 radical (unpaired) electrons. The van der Waals surface area contributed by atoms with Crippen LogP contribution in [0.1, 0.15) is 25.7 Å². The number of amides is 1. The second-order valence-corrected chi connectivity index (χ2v) is 4.32. The second kappa shape index (κ2) is 4.71. The Hall–Kier alpha value is -1.62. The van der Waals surface area contributed by atoms with E-state index in [1.807, 2.05) is 0 Å². The molecule has 3 N–H and O–H groups in total. The Bertz CT molecular complexity index is 399. The van der Waals surface area contributed by atoms with Crippen molar-refractivity contribution in [1.29, 1.82) is 0 Å². The van der Waals surface area contributed by atoms with Crippen LogP contribution in [0.3, 0.4) is 0 Å². The van der Waals surface area contributed by atoms with Gasteiger partial charge in [-0.1, -0.05) is 0 Å². The molecule has 0 bridgehead atoms. The molecular weight excluding hydrogens is 223 g/mol. The molecule has 17 heavy (non-hydrogen) atoms. The molecule has 1 fully saturated rings. The number of benzene rings is 1. The molecule has 0 saturated heterocycles. The number of halogens is 1. The summed E-state index contributed by atoms with van der Waals surface area (Å²) in [5.74, 6) is -0.768. The van der Waals surface area contributed by atoms with Crippen molar-refractivity contribution in [2.75, 3.05) is 5.43 Å². The molecule has 1 aliphatic carbocycles. The zero-order chi connectivity index (χ0) is 12.3. The van der Waals surface area contributed by atoms with E-state index >= 15 is 0 Å². The number of nitrogens with one attached hydrogen (secondary N) is 2. The Morgan fingerprint density at radius 1 is 1.24 bits per heavy atom. The summed E-state index contributed by atoms with van der Waals surface area (Å²) in [7, 11) is 0. The Kier molecular flexibility index (Phi) is 3.28. The highest BCUT2D eigenvalue weighted by Crippen LogP contribution is 2.29. The van der Waals surface area contributed by atoms with Gasteiger partial charge in [-0.05, 0) is 49.9 Å². The molecule has 2 rings (SSSR count). The van der Waals surface area contributed by atoms with Gasteiger partial charge >= 0.3 is 0 Å². The lowest BCUT2D eigenvalue weighted by atomic mass is 10.0. The van der Waals surface area contributed by atoms with Gasteiger partial charge in [0.2, 0.25) is 0 Å². The Morgan fingerprint density at radius 2 is 1.82 bits per heavy atom. The minimum atomic E-state index is -1.26. The summed E-state index contributed by atoms with van der Waals surface area (Å²) in [6.45, 7) is 0. The molecule has 0 atom stereocenters. The highest BCUT2D eigenvalue weighted by Gasteiger charge is 2.38. The van der Waals surface area contributed by atoms with Gasteiger partial charge in [-0.3, -0.25) is 15.6 Å². The van der Waals surface area contributed by atoms with Gasteiger partial charge in [0.15, 0.2) is 0 Å². The Morgan fingerprint density at radius 3 is 2.41 bits per heavy atom. The zero-order valence-corrected chi connectivity index (χ0v) is 9.37. The first-order chi connectivity index (χ1) is 8.10. The molecule has 0 spiro atoms. The van der Waals surface area contributed by atoms with Gasteiger partial charge in [-0.25, -0.2) is 4.39 Å². The van der Waals surface area contributed by atoms with E-state index < -0.39 is 11.5 Å². The van der Waals surface area contributed by atoms with E-state index in [0.29, 0.717) is 18.5 Å². The maximum Gasteiger partial charge on any atom is 0.270 e. The minimum Gasteiger partial charge on any atom is -0.380 e. The fraction of sp³-hybridized carbons (Fsp3) is 0.417. The van der Waals surface area contributed by atoms with E-state index in [-0.39, 0.29) is 5.82 Å². The highest BCUT2D eigenvalue weighted by atomic mass is 19.1. The molecule has 0 aromatic heterocycles. The number of hydrogen-bond acceptors (Lipinski definition) is 3. The lowest BCUT2D eigenvalue weighted by molar-refractivity contribution is -0.138. The summed E-state index contributed by atoms with van der Waals surface area (Å²) < 4.78 is 12.6. The number of anilines is 1. The number of hydrazine groups is 1. The van der Waals surface area contributed by atoms with Crippen molar-refractivity contribution >= 4 is 11.6 Å². The quantitative estimate of drug-likeness (QED) is 0.700. The molecule has 1 aliphatic rings. The largest absolute Gasteiger partial charge is 0.380 e. The van der Waals surface area contributed by atoms with Crippen LogP contribution in [0.5, 0.6) is 0 Å². The first kappa shape index (κ1) is 11.9. The van der Waals surface area contributed by atoms with Crippen molar-refractivity contribution < 1.29 is 14.3 Å². The van der Waals surface area contributed by atoms with E-state index in [2.05, 4.69) is 10.9 Å². The average molecular weight is 238 g/mol. The van der Waals surface area contributed by atoms with E-state index in [4.69, 9.17) is 0 Å². The fourth-order valence-electron chi connectivity index (χ4n) is 1.97. The van der Waals surface area contributed by atoms with Crippen LogP contribution in [0.25, 0.3) is 0 Å². The van der Waals surface area contributed by atoms with E-state index in [1.54, 1.807) is 0 Å². The number of rotatable bonds is 3. The number of carbonyl (C=O) groups excluding carboxylic acids is 1. The third kappa shape index (κ3) is 2.74. The van der Waals surface area contributed by atoms with Crippen LogP contribution in [-0.2, 0) is 4.79 Å². The average Bonchev–Trinajstić information content (AvgIpc) is 2.76. The molecule has 1 amide bonds. The fourth-order valence-corrected chi connectivity index (χ4v) is 1.97. The molecule has 0 unspecified atom stereocenters. The molecule has 92 valence electrons. The van der Waals surface area contributed by atoms with Crippen molar-refractivity contribution in [3.63, 3.8) is 0 Å². The van der Waals surface area contributed by atoms with Gasteiger partial charge in [0.1, 0.15) is 11.4 Å². The third-order valence-electron chi connectivity index (χ3n) is 3.02. The SMILES string of the molecule is O=C(NNc1ccc(F)cc1)C1(O)CCCC1. The molecule has 5 heteroatoms. The van der Waals surface area contributed by atoms with Crippen molar-refractivity contribution in [2.45, 2.75) is 31.3 Å². The first-order valence-corrected chi connectivity index (χ1v) is 5.65. The zero-order valence-electron chi connectivity index (χ0n) is 9.37. The van der Waals surface area contributed by atoms with Crippen LogP contribution in [0.2, 0.25) is 0 Å². The smallest absolute Gasteiger partial charge is 0.270 e. The van der Waals surface area contributed by atoms with Crippen molar-refractivity contribution in [3.05, 3.63) is 30.1 Å². The van der Waals surface area contributed by atoms with Crippen molar-refractivity contribution in [2.24, 2.45) is 0 Å². The summed E-state index contributed by atoms with van der Waals surface area (Å²) in [5, 5.41) is 9.97. The van der Waals surface area contributed by atoms with Crippen molar-refractivity contribution in [3.8, 4) is 0 Å². The molecule has 1 aromatic rings. The normalized spacial score (nSPS) is 17.8. The van der Waals surface area contributed by atoms with E-state index in [0.717, 1.165) is 12.8 Å². The topological polar surface area (TPSA) is 61.4 Å². The van der Waals surface area contributed by atoms with Crippen LogP contribution in [0.4, 0.5) is 10.1 Å². The van der Waals surface area contributed by atoms with Crippen LogP contribution >= 0.6 is 0 Å². The first-order valence-electron chi connectivity index (χ1n) is 5.65. The van der Waals surface area contributed by atoms with Crippen LogP contribution < -0.4 is 10.9 Å². The maximum absolute atomic E-state index is 12.6. The predicted octanol–water partition coefficient (Wildman–Crippen LogP) is 1.57. The molecule has 1 saturated carbocycles. The Labute approximate surface area is 98.8 Å². The van der Waals surface area contributed by atoms with Gasteiger partial charge in [-0.2, -0.15) is 0 Å². The van der Waals surface area contributed by atoms with Crippen LogP contribution in [0.15, 0.2) is 24.3 Å². The lowest BCUT2D eigenvalue weighted by Crippen LogP contribution is -2.46. The van der Waals surface area contributed by atoms with Crippen LogP contribution in [0, 0.1) is 5.82 Å². The minimum absolute atomic E-state index is 0.337. The number of aliphatic hydroxyl groups is 1. The summed E-state index contributed by atoms with van der Waals surface area (Å²) in [5.41, 5.74) is 4.40. The highest BCUT2D eigenvalue weighted by molar-refractivity contribution is 5.86. The van der Waals surface area contributed by atoms with E-state index in [9.17, 15) is 14.3 Å². The molecule has 1 aromatic carbocycles. The monoisotopic (exact) mass is 238 g/mol. The van der Waals surface area contributed by atoms with Gasteiger partial charge in [0.25, 0.3) is 5.91 Å². The number of hydrogen-bond donors (Lipinski definition) is 3. The van der Waals surface area contributed by atoms with Gasteiger partial charge in [0.05, 0.1) is 5.69 Å². The molecule has 0 aliphatic heterocycles.